The molecule has 1 aromatic heterocycles. The van der Waals surface area contributed by atoms with Gasteiger partial charge < -0.3 is 11.1 Å². The number of amides is 1. The molecule has 1 aromatic carbocycles. The van der Waals surface area contributed by atoms with Crippen LogP contribution in [0.5, 0.6) is 0 Å². The highest BCUT2D eigenvalue weighted by Crippen LogP contribution is 2.20. The quantitative estimate of drug-likeness (QED) is 0.764. The number of benzene rings is 1. The van der Waals surface area contributed by atoms with E-state index in [1.807, 2.05) is 12.1 Å². The van der Waals surface area contributed by atoms with E-state index in [4.69, 9.17) is 17.3 Å². The van der Waals surface area contributed by atoms with Crippen LogP contribution in [-0.4, -0.2) is 27.4 Å². The molecule has 0 aliphatic heterocycles. The summed E-state index contributed by atoms with van der Waals surface area (Å²) in [7, 11) is 0. The van der Waals surface area contributed by atoms with Gasteiger partial charge in [0.25, 0.3) is 0 Å². The Hall–Kier alpha value is -1.19. The highest BCUT2D eigenvalue weighted by molar-refractivity contribution is 14.1. The van der Waals surface area contributed by atoms with Crippen molar-refractivity contribution in [2.45, 2.75) is 6.54 Å². The van der Waals surface area contributed by atoms with Gasteiger partial charge in [-0.05, 0) is 40.8 Å². The second-order valence-corrected chi connectivity index (χ2v) is 5.33. The Labute approximate surface area is 128 Å². The minimum atomic E-state index is -0.226. The molecule has 0 saturated heterocycles. The van der Waals surface area contributed by atoms with Gasteiger partial charge in [-0.3, -0.25) is 4.79 Å². The van der Waals surface area contributed by atoms with Gasteiger partial charge in [-0.2, -0.15) is 0 Å². The smallest absolute Gasteiger partial charge is 0.234 e. The molecule has 0 saturated carbocycles. The average molecular weight is 392 g/mol. The normalized spacial score (nSPS) is 10.5. The van der Waals surface area contributed by atoms with Crippen molar-refractivity contribution in [1.82, 2.24) is 20.3 Å². The Balaban J connectivity index is 2.14. The summed E-state index contributed by atoms with van der Waals surface area (Å²) in [6.45, 7) is 0.267. The van der Waals surface area contributed by atoms with Crippen molar-refractivity contribution in [3.05, 3.63) is 38.7 Å². The molecule has 0 aliphatic carbocycles. The summed E-state index contributed by atoms with van der Waals surface area (Å²) in [6.07, 6.45) is 1.75. The van der Waals surface area contributed by atoms with E-state index in [0.717, 1.165) is 9.26 Å². The van der Waals surface area contributed by atoms with Crippen molar-refractivity contribution in [2.24, 2.45) is 5.73 Å². The summed E-state index contributed by atoms with van der Waals surface area (Å²) in [5.74, 6) is -0.226. The van der Waals surface area contributed by atoms with Crippen LogP contribution in [0.1, 0.15) is 5.69 Å². The van der Waals surface area contributed by atoms with Gasteiger partial charge in [0.2, 0.25) is 5.91 Å². The number of carbonyl (C=O) groups is 1. The summed E-state index contributed by atoms with van der Waals surface area (Å²) >= 11 is 8.08. The highest BCUT2D eigenvalue weighted by atomic mass is 127. The Kier molecular flexibility index (Phi) is 4.72. The Morgan fingerprint density at radius 1 is 1.53 bits per heavy atom. The van der Waals surface area contributed by atoms with Gasteiger partial charge >= 0.3 is 0 Å². The number of hydrogen-bond acceptors (Lipinski definition) is 4. The molecule has 0 spiro atoms. The van der Waals surface area contributed by atoms with Gasteiger partial charge in [0, 0.05) is 8.59 Å². The first kappa shape index (κ1) is 14.2. The van der Waals surface area contributed by atoms with Gasteiger partial charge in [-0.15, -0.1) is 5.10 Å². The number of nitrogens with zero attached hydrogens (tertiary/aromatic N) is 3. The topological polar surface area (TPSA) is 85.8 Å². The van der Waals surface area contributed by atoms with Gasteiger partial charge in [0.15, 0.2) is 0 Å². The first-order valence-electron chi connectivity index (χ1n) is 5.43. The molecular formula is C11H11ClIN5O. The lowest BCUT2D eigenvalue weighted by atomic mass is 10.3. The second-order valence-electron chi connectivity index (χ2n) is 3.73. The highest BCUT2D eigenvalue weighted by Gasteiger charge is 2.07. The zero-order valence-electron chi connectivity index (χ0n) is 9.81. The molecule has 0 bridgehead atoms. The van der Waals surface area contributed by atoms with Gasteiger partial charge in [0.05, 0.1) is 25.0 Å². The van der Waals surface area contributed by atoms with Gasteiger partial charge in [-0.25, -0.2) is 4.68 Å². The van der Waals surface area contributed by atoms with E-state index >= 15 is 0 Å². The molecule has 0 unspecified atom stereocenters. The molecule has 6 nitrogen and oxygen atoms in total. The molecule has 2 aromatic rings. The molecule has 19 heavy (non-hydrogen) atoms. The summed E-state index contributed by atoms with van der Waals surface area (Å²) in [5.41, 5.74) is 6.74. The number of carbonyl (C=O) groups excluding carboxylic acids is 1. The molecular weight excluding hydrogens is 381 g/mol. The third kappa shape index (κ3) is 3.64. The Bertz CT molecular complexity index is 601. The lowest BCUT2D eigenvalue weighted by Gasteiger charge is -2.03. The predicted molar refractivity (Wildman–Crippen MR) is 80.0 cm³/mol. The van der Waals surface area contributed by atoms with Crippen LogP contribution in [0.4, 0.5) is 0 Å². The molecule has 2 rings (SSSR count). The van der Waals surface area contributed by atoms with Crippen LogP contribution in [0.2, 0.25) is 5.02 Å². The van der Waals surface area contributed by atoms with Crippen LogP contribution in [0, 0.1) is 3.57 Å². The summed E-state index contributed by atoms with van der Waals surface area (Å²) in [6, 6.07) is 5.49. The molecule has 1 heterocycles. The van der Waals surface area contributed by atoms with Crippen LogP contribution in [0.25, 0.3) is 5.69 Å². The monoisotopic (exact) mass is 391 g/mol. The maximum absolute atomic E-state index is 11.0. The molecule has 1 amide bonds. The summed E-state index contributed by atoms with van der Waals surface area (Å²) in [4.78, 5) is 11.0. The van der Waals surface area contributed by atoms with Crippen LogP contribution in [0.3, 0.4) is 0 Å². The average Bonchev–Trinajstić information content (AvgIpc) is 2.84. The number of nitrogens with one attached hydrogen (secondary N) is 1. The van der Waals surface area contributed by atoms with Gasteiger partial charge in [0.1, 0.15) is 5.69 Å². The van der Waals surface area contributed by atoms with E-state index in [1.165, 1.54) is 0 Å². The fraction of sp³-hybridized carbons (Fsp3) is 0.182. The number of aromatic nitrogens is 3. The first-order valence-corrected chi connectivity index (χ1v) is 6.89. The third-order valence-corrected chi connectivity index (χ3v) is 3.45. The standard InChI is InChI=1S/C11H11ClIN5O/c12-7-1-2-10(9(13)3-7)18-6-8(16-17-18)5-15-11(19)4-14/h1-3,6H,4-5,14H2,(H,15,19). The van der Waals surface area contributed by atoms with E-state index in [0.29, 0.717) is 17.3 Å². The molecule has 100 valence electrons. The van der Waals surface area contributed by atoms with Crippen molar-refractivity contribution in [2.75, 3.05) is 6.54 Å². The summed E-state index contributed by atoms with van der Waals surface area (Å²) < 4.78 is 2.61. The number of nitrogens with two attached hydrogens (primary N) is 1. The zero-order valence-corrected chi connectivity index (χ0v) is 12.7. The van der Waals surface area contributed by atoms with Crippen molar-refractivity contribution in [3.8, 4) is 5.69 Å². The number of hydrogen-bond donors (Lipinski definition) is 2. The first-order chi connectivity index (χ1) is 9.10. The van der Waals surface area contributed by atoms with E-state index in [2.05, 4.69) is 38.2 Å². The lowest BCUT2D eigenvalue weighted by molar-refractivity contribution is -0.119. The maximum Gasteiger partial charge on any atom is 0.234 e. The minimum absolute atomic E-state index is 0.0385. The van der Waals surface area contributed by atoms with Crippen LogP contribution in [-0.2, 0) is 11.3 Å². The zero-order chi connectivity index (χ0) is 13.8. The fourth-order valence-corrected chi connectivity index (χ4v) is 2.54. The van der Waals surface area contributed by atoms with Gasteiger partial charge in [-0.1, -0.05) is 16.8 Å². The van der Waals surface area contributed by atoms with Crippen LogP contribution in [0.15, 0.2) is 24.4 Å². The molecule has 0 fully saturated rings. The van der Waals surface area contributed by atoms with E-state index < -0.39 is 0 Å². The fourth-order valence-electron chi connectivity index (χ4n) is 1.43. The number of rotatable bonds is 4. The van der Waals surface area contributed by atoms with Crippen LogP contribution < -0.4 is 11.1 Å². The second kappa shape index (κ2) is 6.31. The van der Waals surface area contributed by atoms with E-state index in [-0.39, 0.29) is 12.5 Å². The molecule has 8 heteroatoms. The minimum Gasteiger partial charge on any atom is -0.349 e. The molecule has 3 N–H and O–H groups in total. The maximum atomic E-state index is 11.0. The Morgan fingerprint density at radius 2 is 2.32 bits per heavy atom. The lowest BCUT2D eigenvalue weighted by Crippen LogP contribution is -2.29. The Morgan fingerprint density at radius 3 is 3.00 bits per heavy atom. The van der Waals surface area contributed by atoms with Crippen LogP contribution >= 0.6 is 34.2 Å². The van der Waals surface area contributed by atoms with Crippen molar-refractivity contribution < 1.29 is 4.79 Å². The van der Waals surface area contributed by atoms with Crippen molar-refractivity contribution in [3.63, 3.8) is 0 Å². The van der Waals surface area contributed by atoms with Crippen molar-refractivity contribution in [1.29, 1.82) is 0 Å². The number of halogens is 2. The largest absolute Gasteiger partial charge is 0.349 e. The molecule has 0 aliphatic rings. The molecule has 0 radical (unpaired) electrons. The predicted octanol–water partition coefficient (Wildman–Crippen LogP) is 1.10. The third-order valence-electron chi connectivity index (χ3n) is 2.35. The van der Waals surface area contributed by atoms with E-state index in [1.54, 1.807) is 16.9 Å². The molecule has 0 atom stereocenters. The van der Waals surface area contributed by atoms with E-state index in [9.17, 15) is 4.79 Å². The van der Waals surface area contributed by atoms with Crippen molar-refractivity contribution >= 4 is 40.1 Å². The summed E-state index contributed by atoms with van der Waals surface area (Å²) in [5, 5.41) is 11.3. The SMILES string of the molecule is NCC(=O)NCc1cn(-c2ccc(Cl)cc2I)nn1.